The van der Waals surface area contributed by atoms with Crippen molar-refractivity contribution in [2.45, 2.75) is 51.0 Å². The van der Waals surface area contributed by atoms with Crippen molar-refractivity contribution in [1.29, 1.82) is 0 Å². The number of quaternary nitrogens is 1. The molecule has 2 aliphatic rings. The fourth-order valence-corrected chi connectivity index (χ4v) is 5.63. The van der Waals surface area contributed by atoms with Crippen molar-refractivity contribution in [3.05, 3.63) is 10.4 Å². The zero-order valence-corrected chi connectivity index (χ0v) is 18.7. The van der Waals surface area contributed by atoms with Crippen LogP contribution < -0.4 is 10.2 Å². The molecule has 1 fully saturated rings. The molecule has 0 atom stereocenters. The van der Waals surface area contributed by atoms with E-state index in [9.17, 15) is 0 Å². The summed E-state index contributed by atoms with van der Waals surface area (Å²) in [7, 11) is 0. The van der Waals surface area contributed by atoms with Gasteiger partial charge in [0.15, 0.2) is 5.16 Å². The zero-order valence-electron chi connectivity index (χ0n) is 17.1. The van der Waals surface area contributed by atoms with Crippen LogP contribution in [-0.4, -0.2) is 60.7 Å². The highest BCUT2D eigenvalue weighted by Crippen LogP contribution is 2.41. The summed E-state index contributed by atoms with van der Waals surface area (Å²) in [6.45, 7) is 13.3. The molecule has 4 rings (SSSR count). The lowest BCUT2D eigenvalue weighted by molar-refractivity contribution is -0.908. The predicted octanol–water partition coefficient (Wildman–Crippen LogP) is 2.37. The molecule has 0 aromatic carbocycles. The Morgan fingerprint density at radius 1 is 1.25 bits per heavy atom. The summed E-state index contributed by atoms with van der Waals surface area (Å²) >= 11 is 3.48. The van der Waals surface area contributed by atoms with Crippen LogP contribution in [0.5, 0.6) is 0 Å². The van der Waals surface area contributed by atoms with E-state index in [0.29, 0.717) is 6.61 Å². The van der Waals surface area contributed by atoms with Gasteiger partial charge in [0.2, 0.25) is 0 Å². The lowest BCUT2D eigenvalue weighted by atomic mass is 9.94. The summed E-state index contributed by atoms with van der Waals surface area (Å²) in [5, 5.41) is 5.74. The van der Waals surface area contributed by atoms with Crippen LogP contribution in [0.2, 0.25) is 0 Å². The van der Waals surface area contributed by atoms with E-state index in [1.54, 1.807) is 28.0 Å². The van der Waals surface area contributed by atoms with Crippen molar-refractivity contribution in [1.82, 2.24) is 9.97 Å². The molecule has 8 heteroatoms. The van der Waals surface area contributed by atoms with Crippen molar-refractivity contribution in [2.75, 3.05) is 50.5 Å². The average Bonchev–Trinajstić information content (AvgIpc) is 3.03. The average molecular weight is 424 g/mol. The molecule has 0 unspecified atom stereocenters. The summed E-state index contributed by atoms with van der Waals surface area (Å²) < 4.78 is 11.5. The number of nitrogens with zero attached hydrogens (tertiary/aromatic N) is 2. The van der Waals surface area contributed by atoms with Crippen molar-refractivity contribution >= 4 is 39.1 Å². The van der Waals surface area contributed by atoms with Crippen molar-refractivity contribution in [3.63, 3.8) is 0 Å². The number of aromatic nitrogens is 2. The molecule has 154 valence electrons. The zero-order chi connectivity index (χ0) is 19.6. The van der Waals surface area contributed by atoms with Gasteiger partial charge < -0.3 is 19.7 Å². The molecule has 2 aromatic rings. The first-order chi connectivity index (χ1) is 13.6. The molecular formula is C20H31N4O2S2+. The normalized spacial score (nSPS) is 19.7. The summed E-state index contributed by atoms with van der Waals surface area (Å²) in [4.78, 5) is 13.8. The maximum absolute atomic E-state index is 6.03. The maximum Gasteiger partial charge on any atom is 0.190 e. The number of thioether (sulfide) groups is 1. The van der Waals surface area contributed by atoms with Crippen LogP contribution in [0.25, 0.3) is 10.2 Å². The van der Waals surface area contributed by atoms with Crippen molar-refractivity contribution in [3.8, 4) is 0 Å². The Hall–Kier alpha value is -0.930. The fraction of sp³-hybridized carbons (Fsp3) is 0.700. The molecule has 2 aliphatic heterocycles. The van der Waals surface area contributed by atoms with Gasteiger partial charge in [-0.1, -0.05) is 18.7 Å². The third-order valence-electron chi connectivity index (χ3n) is 5.38. The predicted molar refractivity (Wildman–Crippen MR) is 116 cm³/mol. The molecule has 0 aliphatic carbocycles. The van der Waals surface area contributed by atoms with Crippen LogP contribution in [0.3, 0.4) is 0 Å². The third kappa shape index (κ3) is 4.62. The molecule has 0 spiro atoms. The van der Waals surface area contributed by atoms with Crippen LogP contribution in [0, 0.1) is 0 Å². The van der Waals surface area contributed by atoms with Gasteiger partial charge >= 0.3 is 0 Å². The molecule has 0 bridgehead atoms. The van der Waals surface area contributed by atoms with Gasteiger partial charge in [-0.15, -0.1) is 11.3 Å². The molecule has 28 heavy (non-hydrogen) atoms. The lowest BCUT2D eigenvalue weighted by Gasteiger charge is -2.30. The van der Waals surface area contributed by atoms with E-state index in [1.165, 1.54) is 22.4 Å². The quantitative estimate of drug-likeness (QED) is 0.405. The molecule has 4 heterocycles. The number of rotatable bonds is 7. The number of fused-ring (bicyclic) bond motifs is 3. The van der Waals surface area contributed by atoms with Crippen LogP contribution in [0.15, 0.2) is 5.16 Å². The molecule has 2 aromatic heterocycles. The van der Waals surface area contributed by atoms with E-state index < -0.39 is 0 Å². The Morgan fingerprint density at radius 2 is 2.07 bits per heavy atom. The van der Waals surface area contributed by atoms with Gasteiger partial charge in [0.1, 0.15) is 23.7 Å². The molecule has 0 amide bonds. The Morgan fingerprint density at radius 3 is 2.86 bits per heavy atom. The topological polar surface area (TPSA) is 60.7 Å². The van der Waals surface area contributed by atoms with Crippen molar-refractivity contribution in [2.24, 2.45) is 0 Å². The second-order valence-electron chi connectivity index (χ2n) is 8.09. The monoisotopic (exact) mass is 423 g/mol. The Bertz CT molecular complexity index is 818. The Labute approximate surface area is 175 Å². The van der Waals surface area contributed by atoms with Crippen LogP contribution >= 0.6 is 23.1 Å². The largest absolute Gasteiger partial charge is 0.370 e. The van der Waals surface area contributed by atoms with Gasteiger partial charge in [-0.05, 0) is 25.2 Å². The van der Waals surface area contributed by atoms with Crippen LogP contribution in [-0.2, 0) is 22.5 Å². The molecule has 1 saturated heterocycles. The first kappa shape index (κ1) is 20.3. The summed E-state index contributed by atoms with van der Waals surface area (Å²) in [6, 6.07) is 0. The molecular weight excluding hydrogens is 392 g/mol. The number of hydrogen-bond acceptors (Lipinski definition) is 7. The van der Waals surface area contributed by atoms with Gasteiger partial charge in [0, 0.05) is 24.3 Å². The van der Waals surface area contributed by atoms with E-state index in [0.717, 1.165) is 67.2 Å². The molecule has 0 radical (unpaired) electrons. The standard InChI is InChI=1S/C20H30N4O2S2/c1-4-27-19-22-17(21-6-5-7-24-8-10-25-11-9-24)16-14-12-20(2,3)26-13-15(14)28-18(16)23-19/h4-13H2,1-3H3,(H,21,22,23)/p+1. The summed E-state index contributed by atoms with van der Waals surface area (Å²) in [5.74, 6) is 1.99. The Kier molecular flexibility index (Phi) is 6.42. The minimum absolute atomic E-state index is 0.130. The van der Waals surface area contributed by atoms with Crippen molar-refractivity contribution < 1.29 is 14.4 Å². The van der Waals surface area contributed by atoms with E-state index >= 15 is 0 Å². The number of nitrogens with one attached hydrogen (secondary N) is 2. The van der Waals surface area contributed by atoms with E-state index in [-0.39, 0.29) is 5.60 Å². The second kappa shape index (κ2) is 8.83. The summed E-state index contributed by atoms with van der Waals surface area (Å²) in [5.41, 5.74) is 1.25. The van der Waals surface area contributed by atoms with Gasteiger partial charge in [-0.3, -0.25) is 0 Å². The highest BCUT2D eigenvalue weighted by atomic mass is 32.2. The number of hydrogen-bond donors (Lipinski definition) is 2. The minimum atomic E-state index is -0.130. The first-order valence-corrected chi connectivity index (χ1v) is 12.1. The third-order valence-corrected chi connectivity index (χ3v) is 7.21. The minimum Gasteiger partial charge on any atom is -0.370 e. The number of morpholine rings is 1. The smallest absolute Gasteiger partial charge is 0.190 e. The summed E-state index contributed by atoms with van der Waals surface area (Å²) in [6.07, 6.45) is 2.05. The highest BCUT2D eigenvalue weighted by molar-refractivity contribution is 7.99. The SMILES string of the molecule is CCSc1nc(NCCC[NH+]2CCOCC2)c2c3c(sc2n1)COC(C)(C)C3. The maximum atomic E-state index is 6.03. The van der Waals surface area contributed by atoms with Crippen LogP contribution in [0.1, 0.15) is 37.6 Å². The molecule has 0 saturated carbocycles. The van der Waals surface area contributed by atoms with Gasteiger partial charge in [-0.2, -0.15) is 0 Å². The Balaban J connectivity index is 1.53. The van der Waals surface area contributed by atoms with Gasteiger partial charge in [0.25, 0.3) is 0 Å². The fourth-order valence-electron chi connectivity index (χ4n) is 3.90. The van der Waals surface area contributed by atoms with E-state index in [4.69, 9.17) is 19.4 Å². The highest BCUT2D eigenvalue weighted by Gasteiger charge is 2.31. The van der Waals surface area contributed by atoms with Crippen LogP contribution in [0.4, 0.5) is 5.82 Å². The van der Waals surface area contributed by atoms with E-state index in [1.807, 2.05) is 0 Å². The number of thiophene rings is 1. The lowest BCUT2D eigenvalue weighted by Crippen LogP contribution is -3.14. The molecule has 2 N–H and O–H groups in total. The van der Waals surface area contributed by atoms with Gasteiger partial charge in [-0.25, -0.2) is 9.97 Å². The number of anilines is 1. The molecule has 6 nitrogen and oxygen atoms in total. The van der Waals surface area contributed by atoms with E-state index in [2.05, 4.69) is 26.1 Å². The number of ether oxygens (including phenoxy) is 2. The van der Waals surface area contributed by atoms with Gasteiger partial charge in [0.05, 0.1) is 37.4 Å². The second-order valence-corrected chi connectivity index (χ2v) is 10.4. The first-order valence-electron chi connectivity index (χ1n) is 10.3.